The van der Waals surface area contributed by atoms with Crippen LogP contribution in [0.2, 0.25) is 0 Å². The third-order valence-electron chi connectivity index (χ3n) is 2.74. The van der Waals surface area contributed by atoms with Crippen LogP contribution in [0, 0.1) is 0 Å². The fourth-order valence-corrected chi connectivity index (χ4v) is 2.06. The van der Waals surface area contributed by atoms with Gasteiger partial charge in [0.25, 0.3) is 0 Å². The number of nitrogen functional groups attached to an aromatic ring is 1. The maximum atomic E-state index is 5.91. The van der Waals surface area contributed by atoms with Crippen molar-refractivity contribution in [1.82, 2.24) is 4.90 Å². The van der Waals surface area contributed by atoms with Gasteiger partial charge in [-0.05, 0) is 63.2 Å². The van der Waals surface area contributed by atoms with E-state index in [1.54, 1.807) is 7.11 Å². The van der Waals surface area contributed by atoms with E-state index in [0.29, 0.717) is 12.3 Å². The Hall–Kier alpha value is -0.560. The van der Waals surface area contributed by atoms with Gasteiger partial charge in [-0.15, -0.1) is 0 Å². The van der Waals surface area contributed by atoms with E-state index < -0.39 is 0 Å². The highest BCUT2D eigenvalue weighted by molar-refractivity contribution is 9.28. The number of rotatable bonds is 8. The third-order valence-corrected chi connectivity index (χ3v) is 3.20. The molecule has 0 atom stereocenters. The third kappa shape index (κ3) is 6.74. The van der Waals surface area contributed by atoms with E-state index in [4.69, 9.17) is 15.2 Å². The fraction of sp³-hybridized carbons (Fsp3) is 0.429. The largest absolute Gasteiger partial charge is 0.492 e. The highest BCUT2D eigenvalue weighted by Crippen LogP contribution is 2.25. The molecule has 0 saturated heterocycles. The standard InChI is InChI=1S/C14H20Br2N2O2/c1-18(5-7-19-2)6-8-20-12-3-4-13(17)11(9-12)10-14(15)16/h3-4,9-10H,5-8,17H2,1-2H3. The molecule has 0 amide bonds. The Morgan fingerprint density at radius 2 is 2.00 bits per heavy atom. The molecule has 112 valence electrons. The van der Waals surface area contributed by atoms with Gasteiger partial charge >= 0.3 is 0 Å². The zero-order chi connectivity index (χ0) is 15.0. The number of hydrogen-bond acceptors (Lipinski definition) is 4. The Labute approximate surface area is 137 Å². The summed E-state index contributed by atoms with van der Waals surface area (Å²) in [6.45, 7) is 3.10. The molecule has 0 bridgehead atoms. The molecule has 2 N–H and O–H groups in total. The first-order valence-corrected chi connectivity index (χ1v) is 7.84. The molecule has 20 heavy (non-hydrogen) atoms. The zero-order valence-corrected chi connectivity index (χ0v) is 14.9. The number of ether oxygens (including phenoxy) is 2. The van der Waals surface area contributed by atoms with Crippen LogP contribution in [0.25, 0.3) is 6.08 Å². The number of anilines is 1. The summed E-state index contributed by atoms with van der Waals surface area (Å²) >= 11 is 6.66. The molecule has 0 radical (unpaired) electrons. The van der Waals surface area contributed by atoms with Gasteiger partial charge in [0, 0.05) is 31.5 Å². The molecule has 0 heterocycles. The lowest BCUT2D eigenvalue weighted by atomic mass is 10.2. The van der Waals surface area contributed by atoms with Crippen molar-refractivity contribution in [2.75, 3.05) is 46.2 Å². The van der Waals surface area contributed by atoms with E-state index in [2.05, 4.69) is 36.8 Å². The zero-order valence-electron chi connectivity index (χ0n) is 11.7. The summed E-state index contributed by atoms with van der Waals surface area (Å²) in [5.74, 6) is 0.812. The maximum absolute atomic E-state index is 5.91. The highest BCUT2D eigenvalue weighted by Gasteiger charge is 2.02. The van der Waals surface area contributed by atoms with Crippen LogP contribution in [0.4, 0.5) is 5.69 Å². The van der Waals surface area contributed by atoms with Crippen LogP contribution in [0.5, 0.6) is 5.75 Å². The van der Waals surface area contributed by atoms with E-state index in [1.807, 2.05) is 31.3 Å². The van der Waals surface area contributed by atoms with Crippen LogP contribution in [0.3, 0.4) is 0 Å². The molecule has 1 rings (SSSR count). The SMILES string of the molecule is COCCN(C)CCOc1ccc(N)c(C=C(Br)Br)c1. The number of hydrogen-bond donors (Lipinski definition) is 1. The van der Waals surface area contributed by atoms with Crippen molar-refractivity contribution in [2.24, 2.45) is 0 Å². The molecular weight excluding hydrogens is 388 g/mol. The Kier molecular flexibility index (Phi) is 8.21. The van der Waals surface area contributed by atoms with Crippen molar-refractivity contribution in [1.29, 1.82) is 0 Å². The van der Waals surface area contributed by atoms with Crippen LogP contribution >= 0.6 is 31.9 Å². The van der Waals surface area contributed by atoms with Gasteiger partial charge in [-0.3, -0.25) is 0 Å². The van der Waals surface area contributed by atoms with Crippen molar-refractivity contribution < 1.29 is 9.47 Å². The first kappa shape index (κ1) is 17.5. The highest BCUT2D eigenvalue weighted by atomic mass is 79.9. The smallest absolute Gasteiger partial charge is 0.120 e. The molecule has 0 aliphatic heterocycles. The summed E-state index contributed by atoms with van der Waals surface area (Å²) in [4.78, 5) is 2.16. The molecule has 0 aromatic heterocycles. The van der Waals surface area contributed by atoms with Gasteiger partial charge in [0.15, 0.2) is 0 Å². The van der Waals surface area contributed by atoms with Gasteiger partial charge in [0.1, 0.15) is 12.4 Å². The number of nitrogens with zero attached hydrogens (tertiary/aromatic N) is 1. The van der Waals surface area contributed by atoms with Gasteiger partial charge in [-0.25, -0.2) is 0 Å². The monoisotopic (exact) mass is 406 g/mol. The molecule has 6 heteroatoms. The van der Waals surface area contributed by atoms with Crippen molar-refractivity contribution in [3.63, 3.8) is 0 Å². The van der Waals surface area contributed by atoms with E-state index in [0.717, 1.165) is 34.4 Å². The van der Waals surface area contributed by atoms with E-state index in [1.165, 1.54) is 0 Å². The lowest BCUT2D eigenvalue weighted by Crippen LogP contribution is -2.27. The minimum absolute atomic E-state index is 0.628. The second kappa shape index (κ2) is 9.39. The van der Waals surface area contributed by atoms with Crippen LogP contribution in [0.15, 0.2) is 21.6 Å². The molecule has 0 aliphatic carbocycles. The summed E-state index contributed by atoms with van der Waals surface area (Å²) in [6, 6.07) is 5.65. The number of nitrogens with two attached hydrogens (primary N) is 1. The molecule has 0 aliphatic rings. The quantitative estimate of drug-likeness (QED) is 0.671. The van der Waals surface area contributed by atoms with Crippen LogP contribution in [0.1, 0.15) is 5.56 Å². The molecule has 0 saturated carbocycles. The molecule has 1 aromatic carbocycles. The van der Waals surface area contributed by atoms with E-state index in [9.17, 15) is 0 Å². The van der Waals surface area contributed by atoms with Gasteiger partial charge in [0.05, 0.1) is 10.00 Å². The number of halogens is 2. The first-order chi connectivity index (χ1) is 9.52. The van der Waals surface area contributed by atoms with Gasteiger partial charge < -0.3 is 20.1 Å². The summed E-state index contributed by atoms with van der Waals surface area (Å²) < 4.78 is 11.6. The first-order valence-electron chi connectivity index (χ1n) is 6.25. The molecule has 0 fully saturated rings. The summed E-state index contributed by atoms with van der Waals surface area (Å²) in [6.07, 6.45) is 1.90. The van der Waals surface area contributed by atoms with E-state index in [-0.39, 0.29) is 0 Å². The Morgan fingerprint density at radius 1 is 1.30 bits per heavy atom. The van der Waals surface area contributed by atoms with E-state index >= 15 is 0 Å². The molecule has 0 spiro atoms. The summed E-state index contributed by atoms with van der Waals surface area (Å²) in [7, 11) is 3.75. The maximum Gasteiger partial charge on any atom is 0.120 e. The minimum atomic E-state index is 0.628. The van der Waals surface area contributed by atoms with Crippen LogP contribution < -0.4 is 10.5 Å². The molecule has 1 aromatic rings. The molecule has 0 unspecified atom stereocenters. The van der Waals surface area contributed by atoms with Gasteiger partial charge in [-0.1, -0.05) is 0 Å². The predicted molar refractivity (Wildman–Crippen MR) is 91.6 cm³/mol. The lowest BCUT2D eigenvalue weighted by Gasteiger charge is -2.16. The second-order valence-electron chi connectivity index (χ2n) is 4.37. The average Bonchev–Trinajstić information content (AvgIpc) is 2.39. The van der Waals surface area contributed by atoms with Gasteiger partial charge in [-0.2, -0.15) is 0 Å². The van der Waals surface area contributed by atoms with Crippen molar-refractivity contribution in [3.05, 3.63) is 27.2 Å². The summed E-state index contributed by atoms with van der Waals surface area (Å²) in [5.41, 5.74) is 7.54. The Bertz CT molecular complexity index is 449. The number of benzene rings is 1. The predicted octanol–water partition coefficient (Wildman–Crippen LogP) is 3.31. The number of likely N-dealkylation sites (N-methyl/N-ethyl adjacent to an activating group) is 1. The Morgan fingerprint density at radius 3 is 2.65 bits per heavy atom. The molecular formula is C14H20Br2N2O2. The van der Waals surface area contributed by atoms with Crippen molar-refractivity contribution >= 4 is 43.6 Å². The fourth-order valence-electron chi connectivity index (χ4n) is 1.56. The topological polar surface area (TPSA) is 47.7 Å². The molecule has 4 nitrogen and oxygen atoms in total. The summed E-state index contributed by atoms with van der Waals surface area (Å²) in [5, 5.41) is 0. The minimum Gasteiger partial charge on any atom is -0.492 e. The van der Waals surface area contributed by atoms with Crippen molar-refractivity contribution in [3.8, 4) is 5.75 Å². The van der Waals surface area contributed by atoms with Gasteiger partial charge in [0.2, 0.25) is 0 Å². The number of methoxy groups -OCH3 is 1. The normalized spacial score (nSPS) is 10.7. The second-order valence-corrected chi connectivity index (χ2v) is 7.14. The van der Waals surface area contributed by atoms with Crippen LogP contribution in [-0.2, 0) is 4.74 Å². The lowest BCUT2D eigenvalue weighted by molar-refractivity contribution is 0.150. The van der Waals surface area contributed by atoms with Crippen molar-refractivity contribution in [2.45, 2.75) is 0 Å². The Balaban J connectivity index is 2.50. The van der Waals surface area contributed by atoms with Crippen LogP contribution in [-0.4, -0.2) is 45.4 Å². The average molecular weight is 408 g/mol.